The van der Waals surface area contributed by atoms with Gasteiger partial charge in [-0.05, 0) is 0 Å². The minimum Gasteiger partial charge on any atom is -0.331 e. The summed E-state index contributed by atoms with van der Waals surface area (Å²) in [7, 11) is 1.90. The summed E-state index contributed by atoms with van der Waals surface area (Å²) in [5, 5.41) is 8.52. The van der Waals surface area contributed by atoms with Crippen LogP contribution in [0.5, 0.6) is 0 Å². The maximum atomic E-state index is 5.77. The highest BCUT2D eigenvalue weighted by molar-refractivity contribution is 6.29. The molecule has 0 unspecified atom stereocenters. The maximum Gasteiger partial charge on any atom is 0.187 e. The zero-order chi connectivity index (χ0) is 11.1. The highest BCUT2D eigenvalue weighted by Crippen LogP contribution is 2.17. The molecule has 7 heteroatoms. The molecule has 80 valence electrons. The van der Waals surface area contributed by atoms with Crippen molar-refractivity contribution in [3.63, 3.8) is 0 Å². The Labute approximate surface area is 95.5 Å². The van der Waals surface area contributed by atoms with Crippen LogP contribution in [0.2, 0.25) is 5.15 Å². The van der Waals surface area contributed by atoms with Crippen molar-refractivity contribution >= 4 is 17.2 Å². The Balaban J connectivity index is 2.30. The molecule has 16 heavy (non-hydrogen) atoms. The largest absolute Gasteiger partial charge is 0.331 e. The first kappa shape index (κ1) is 9.29. The number of imidazole rings is 1. The van der Waals surface area contributed by atoms with Crippen LogP contribution in [0.25, 0.3) is 17.2 Å². The fraction of sp³-hybridized carbons (Fsp3) is 0.111. The van der Waals surface area contributed by atoms with Crippen LogP contribution >= 0.6 is 11.6 Å². The number of hydrogen-bond donors (Lipinski definition) is 0. The fourth-order valence-electron chi connectivity index (χ4n) is 1.52. The molecule has 3 aromatic heterocycles. The highest BCUT2D eigenvalue weighted by atomic mass is 35.5. The first-order chi connectivity index (χ1) is 7.75. The summed E-state index contributed by atoms with van der Waals surface area (Å²) in [5.41, 5.74) is 1.54. The molecule has 0 N–H and O–H groups in total. The van der Waals surface area contributed by atoms with E-state index in [0.717, 1.165) is 5.69 Å². The highest BCUT2D eigenvalue weighted by Gasteiger charge is 2.11. The predicted molar refractivity (Wildman–Crippen MR) is 58.0 cm³/mol. The average Bonchev–Trinajstić information content (AvgIpc) is 2.83. The third-order valence-corrected chi connectivity index (χ3v) is 2.52. The zero-order valence-corrected chi connectivity index (χ0v) is 9.13. The SMILES string of the molecule is Cn1cncc1-c1nnc2cc(Cl)ncn12. The Kier molecular flexibility index (Phi) is 1.90. The molecule has 0 aliphatic rings. The van der Waals surface area contributed by atoms with Gasteiger partial charge in [0.05, 0.1) is 12.5 Å². The van der Waals surface area contributed by atoms with E-state index in [0.29, 0.717) is 16.6 Å². The summed E-state index contributed by atoms with van der Waals surface area (Å²) in [6.07, 6.45) is 5.03. The van der Waals surface area contributed by atoms with E-state index in [1.165, 1.54) is 0 Å². The first-order valence-electron chi connectivity index (χ1n) is 4.58. The molecule has 6 nitrogen and oxygen atoms in total. The fourth-order valence-corrected chi connectivity index (χ4v) is 1.66. The molecule has 0 fully saturated rings. The van der Waals surface area contributed by atoms with Crippen molar-refractivity contribution in [2.24, 2.45) is 7.05 Å². The van der Waals surface area contributed by atoms with Crippen molar-refractivity contribution in [1.82, 2.24) is 29.1 Å². The summed E-state index contributed by atoms with van der Waals surface area (Å²) in [6, 6.07) is 1.66. The van der Waals surface area contributed by atoms with E-state index in [4.69, 9.17) is 11.6 Å². The standard InChI is InChI=1S/C9H7ClN6/c1-15-4-11-3-6(15)9-14-13-8-2-7(10)12-5-16(8)9/h2-5H,1H3. The lowest BCUT2D eigenvalue weighted by Gasteiger charge is -1.99. The van der Waals surface area contributed by atoms with E-state index in [1.807, 2.05) is 11.6 Å². The summed E-state index contributed by atoms with van der Waals surface area (Å²) in [6.45, 7) is 0. The number of halogens is 1. The summed E-state index contributed by atoms with van der Waals surface area (Å²) in [5.74, 6) is 0.694. The Hall–Kier alpha value is -1.95. The molecule has 0 atom stereocenters. The molecule has 0 aromatic carbocycles. The summed E-state index contributed by atoms with van der Waals surface area (Å²) >= 11 is 5.77. The van der Waals surface area contributed by atoms with Crippen molar-refractivity contribution in [1.29, 1.82) is 0 Å². The number of aryl methyl sites for hydroxylation is 1. The van der Waals surface area contributed by atoms with Gasteiger partial charge < -0.3 is 4.57 Å². The van der Waals surface area contributed by atoms with Crippen molar-refractivity contribution < 1.29 is 0 Å². The molecular formula is C9H7ClN6. The second-order valence-corrected chi connectivity index (χ2v) is 3.74. The molecule has 0 bridgehead atoms. The van der Waals surface area contributed by atoms with Crippen molar-refractivity contribution in [2.45, 2.75) is 0 Å². The van der Waals surface area contributed by atoms with Crippen LogP contribution in [0.15, 0.2) is 24.9 Å². The van der Waals surface area contributed by atoms with E-state index in [-0.39, 0.29) is 0 Å². The van der Waals surface area contributed by atoms with Crippen LogP contribution in [0, 0.1) is 0 Å². The van der Waals surface area contributed by atoms with Gasteiger partial charge in [-0.25, -0.2) is 9.97 Å². The van der Waals surface area contributed by atoms with Gasteiger partial charge >= 0.3 is 0 Å². The molecule has 0 amide bonds. The van der Waals surface area contributed by atoms with Crippen LogP contribution in [0.4, 0.5) is 0 Å². The number of hydrogen-bond acceptors (Lipinski definition) is 4. The van der Waals surface area contributed by atoms with Crippen LogP contribution in [0.1, 0.15) is 0 Å². The predicted octanol–water partition coefficient (Wildman–Crippen LogP) is 1.18. The smallest absolute Gasteiger partial charge is 0.187 e. The monoisotopic (exact) mass is 234 g/mol. The van der Waals surface area contributed by atoms with Crippen molar-refractivity contribution in [3.8, 4) is 11.5 Å². The van der Waals surface area contributed by atoms with Gasteiger partial charge in [-0.15, -0.1) is 10.2 Å². The van der Waals surface area contributed by atoms with Crippen LogP contribution in [-0.4, -0.2) is 29.1 Å². The Morgan fingerprint density at radius 3 is 2.88 bits per heavy atom. The van der Waals surface area contributed by atoms with Gasteiger partial charge in [-0.2, -0.15) is 0 Å². The molecule has 0 aliphatic heterocycles. The lowest BCUT2D eigenvalue weighted by Crippen LogP contribution is -1.95. The van der Waals surface area contributed by atoms with E-state index < -0.39 is 0 Å². The number of aromatic nitrogens is 6. The molecule has 0 saturated heterocycles. The lowest BCUT2D eigenvalue weighted by atomic mass is 10.4. The second kappa shape index (κ2) is 3.28. The van der Waals surface area contributed by atoms with E-state index >= 15 is 0 Å². The van der Waals surface area contributed by atoms with Crippen LogP contribution < -0.4 is 0 Å². The summed E-state index contributed by atoms with van der Waals surface area (Å²) in [4.78, 5) is 8.04. The third-order valence-electron chi connectivity index (χ3n) is 2.31. The number of rotatable bonds is 1. The molecule has 3 rings (SSSR count). The van der Waals surface area contributed by atoms with Gasteiger partial charge in [-0.1, -0.05) is 11.6 Å². The van der Waals surface area contributed by atoms with E-state index in [2.05, 4.69) is 20.2 Å². The Morgan fingerprint density at radius 1 is 1.25 bits per heavy atom. The topological polar surface area (TPSA) is 60.9 Å². The minimum absolute atomic E-state index is 0.399. The number of nitrogens with zero attached hydrogens (tertiary/aromatic N) is 6. The Bertz CT molecular complexity index is 655. The van der Waals surface area contributed by atoms with Crippen molar-refractivity contribution in [3.05, 3.63) is 30.1 Å². The maximum absolute atomic E-state index is 5.77. The average molecular weight is 235 g/mol. The van der Waals surface area contributed by atoms with Gasteiger partial charge in [0.1, 0.15) is 17.2 Å². The Morgan fingerprint density at radius 2 is 2.12 bits per heavy atom. The van der Waals surface area contributed by atoms with Gasteiger partial charge in [0.25, 0.3) is 0 Å². The lowest BCUT2D eigenvalue weighted by molar-refractivity contribution is 0.902. The third kappa shape index (κ3) is 1.27. The van der Waals surface area contributed by atoms with Gasteiger partial charge in [0, 0.05) is 13.1 Å². The molecule has 0 saturated carbocycles. The van der Waals surface area contributed by atoms with Gasteiger partial charge in [-0.3, -0.25) is 4.40 Å². The molecule has 0 aliphatic carbocycles. The van der Waals surface area contributed by atoms with Crippen LogP contribution in [0.3, 0.4) is 0 Å². The molecular weight excluding hydrogens is 228 g/mol. The molecule has 3 aromatic rings. The zero-order valence-electron chi connectivity index (χ0n) is 8.37. The van der Waals surface area contributed by atoms with Crippen molar-refractivity contribution in [2.75, 3.05) is 0 Å². The molecule has 0 radical (unpaired) electrons. The first-order valence-corrected chi connectivity index (χ1v) is 4.96. The molecule has 0 spiro atoms. The number of fused-ring (bicyclic) bond motifs is 1. The van der Waals surface area contributed by atoms with E-state index in [9.17, 15) is 0 Å². The second-order valence-electron chi connectivity index (χ2n) is 3.35. The summed E-state index contributed by atoms with van der Waals surface area (Å²) < 4.78 is 3.63. The van der Waals surface area contributed by atoms with Crippen LogP contribution in [-0.2, 0) is 7.05 Å². The van der Waals surface area contributed by atoms with E-state index in [1.54, 1.807) is 29.3 Å². The minimum atomic E-state index is 0.399. The quantitative estimate of drug-likeness (QED) is 0.593. The molecule has 3 heterocycles. The van der Waals surface area contributed by atoms with Gasteiger partial charge in [0.2, 0.25) is 0 Å². The normalized spacial score (nSPS) is 11.1. The van der Waals surface area contributed by atoms with Gasteiger partial charge in [0.15, 0.2) is 11.5 Å².